The molecule has 0 amide bonds. The summed E-state index contributed by atoms with van der Waals surface area (Å²) in [7, 11) is 0. The maximum atomic E-state index is 11.7. The number of aliphatic hydroxyl groups is 1. The number of aliphatic hydroxyl groups excluding tert-OH is 1. The number of hydrogen-bond donors (Lipinski definition) is 2. The second-order valence-electron chi connectivity index (χ2n) is 4.80. The number of hydrogen-bond acceptors (Lipinski definition) is 6. The molecule has 1 aromatic heterocycles. The van der Waals surface area contributed by atoms with Gasteiger partial charge in [0.05, 0.1) is 13.0 Å². The van der Waals surface area contributed by atoms with Crippen molar-refractivity contribution in [2.24, 2.45) is 0 Å². The van der Waals surface area contributed by atoms with Crippen LogP contribution in [0.4, 0.5) is 0 Å². The zero-order valence-electron chi connectivity index (χ0n) is 12.4. The Morgan fingerprint density at radius 2 is 2.14 bits per heavy atom. The van der Waals surface area contributed by atoms with Crippen LogP contribution in [-0.4, -0.2) is 22.8 Å². The molecule has 0 aliphatic heterocycles. The van der Waals surface area contributed by atoms with Gasteiger partial charge in [-0.05, 0) is 13.3 Å². The minimum absolute atomic E-state index is 0.0270. The molecule has 1 rings (SSSR count). The molecule has 2 N–H and O–H groups in total. The van der Waals surface area contributed by atoms with E-state index >= 15 is 0 Å². The molecule has 6 heteroatoms. The van der Waals surface area contributed by atoms with Crippen molar-refractivity contribution in [1.82, 2.24) is 0 Å². The van der Waals surface area contributed by atoms with Gasteiger partial charge >= 0.3 is 5.97 Å². The van der Waals surface area contributed by atoms with Crippen LogP contribution in [0.15, 0.2) is 15.3 Å². The van der Waals surface area contributed by atoms with E-state index in [0.29, 0.717) is 6.42 Å². The number of aromatic hydroxyl groups is 1. The molecule has 21 heavy (non-hydrogen) atoms. The first-order valence-corrected chi connectivity index (χ1v) is 7.15. The highest BCUT2D eigenvalue weighted by Crippen LogP contribution is 2.31. The first-order chi connectivity index (χ1) is 10.0. The maximum Gasteiger partial charge on any atom is 0.306 e. The predicted molar refractivity (Wildman–Crippen MR) is 76.1 cm³/mol. The number of esters is 1. The molecule has 0 aliphatic carbocycles. The van der Waals surface area contributed by atoms with Crippen LogP contribution >= 0.6 is 0 Å². The molecule has 0 spiro atoms. The van der Waals surface area contributed by atoms with Gasteiger partial charge in [0, 0.05) is 12.0 Å². The summed E-state index contributed by atoms with van der Waals surface area (Å²) >= 11 is 0. The van der Waals surface area contributed by atoms with Gasteiger partial charge in [0.25, 0.3) is 0 Å². The highest BCUT2D eigenvalue weighted by molar-refractivity contribution is 5.70. The Morgan fingerprint density at radius 1 is 1.43 bits per heavy atom. The van der Waals surface area contributed by atoms with Crippen LogP contribution in [0.2, 0.25) is 0 Å². The molecule has 6 nitrogen and oxygen atoms in total. The minimum atomic E-state index is -0.620. The molecule has 0 aliphatic rings. The van der Waals surface area contributed by atoms with Crippen molar-refractivity contribution < 1.29 is 24.2 Å². The maximum absolute atomic E-state index is 11.7. The molecule has 0 radical (unpaired) electrons. The van der Waals surface area contributed by atoms with Gasteiger partial charge in [-0.15, -0.1) is 0 Å². The van der Waals surface area contributed by atoms with Gasteiger partial charge < -0.3 is 19.4 Å². The summed E-state index contributed by atoms with van der Waals surface area (Å²) in [5.74, 6) is -1.23. The first kappa shape index (κ1) is 17.2. The van der Waals surface area contributed by atoms with Crippen LogP contribution < -0.4 is 5.43 Å². The molecule has 0 saturated heterocycles. The van der Waals surface area contributed by atoms with Gasteiger partial charge in [-0.1, -0.05) is 19.8 Å². The number of ether oxygens (including phenoxy) is 1. The van der Waals surface area contributed by atoms with Crippen molar-refractivity contribution in [2.75, 3.05) is 6.61 Å². The van der Waals surface area contributed by atoms with Crippen LogP contribution in [0.1, 0.15) is 57.0 Å². The molecule has 0 saturated carbocycles. The largest absolute Gasteiger partial charge is 0.502 e. The highest BCUT2D eigenvalue weighted by Gasteiger charge is 2.24. The van der Waals surface area contributed by atoms with E-state index in [9.17, 15) is 14.7 Å². The molecule has 1 atom stereocenters. The fourth-order valence-corrected chi connectivity index (χ4v) is 2.11. The molecule has 1 heterocycles. The van der Waals surface area contributed by atoms with Gasteiger partial charge in [-0.3, -0.25) is 9.59 Å². The smallest absolute Gasteiger partial charge is 0.306 e. The van der Waals surface area contributed by atoms with E-state index in [1.54, 1.807) is 6.92 Å². The molecule has 0 bridgehead atoms. The second-order valence-corrected chi connectivity index (χ2v) is 4.80. The molecular weight excluding hydrogens is 276 g/mol. The lowest BCUT2D eigenvalue weighted by molar-refractivity contribution is -0.143. The summed E-state index contributed by atoms with van der Waals surface area (Å²) in [6.45, 7) is 3.54. The fourth-order valence-electron chi connectivity index (χ4n) is 2.11. The van der Waals surface area contributed by atoms with Gasteiger partial charge in [-0.2, -0.15) is 0 Å². The molecule has 118 valence electrons. The Labute approximate surface area is 123 Å². The monoisotopic (exact) mass is 298 g/mol. The Kier molecular flexibility index (Phi) is 6.94. The summed E-state index contributed by atoms with van der Waals surface area (Å²) in [5, 5.41) is 19.0. The lowest BCUT2D eigenvalue weighted by Gasteiger charge is -2.16. The van der Waals surface area contributed by atoms with E-state index in [4.69, 9.17) is 14.3 Å². The predicted octanol–water partition coefficient (Wildman–Crippen LogP) is 2.06. The lowest BCUT2D eigenvalue weighted by atomic mass is 9.94. The van der Waals surface area contributed by atoms with Crippen molar-refractivity contribution in [1.29, 1.82) is 0 Å². The van der Waals surface area contributed by atoms with Gasteiger partial charge in [0.2, 0.25) is 11.2 Å². The molecule has 0 unspecified atom stereocenters. The third-order valence-electron chi connectivity index (χ3n) is 3.15. The number of carbonyl (C=O) groups excluding carboxylic acids is 1. The number of unbranched alkanes of at least 4 members (excludes halogenated alkanes) is 1. The van der Waals surface area contributed by atoms with Crippen molar-refractivity contribution in [2.45, 2.75) is 52.1 Å². The Bertz CT molecular complexity index is 519. The first-order valence-electron chi connectivity index (χ1n) is 7.15. The Morgan fingerprint density at radius 3 is 2.71 bits per heavy atom. The third-order valence-corrected chi connectivity index (χ3v) is 3.15. The standard InChI is InChI=1S/C15H22O6/c1-3-5-6-10(7-13(18)20-4-2)15-14(19)12(17)8-11(9-16)21-15/h8,10,16,19H,3-7,9H2,1-2H3/t10-/m1/s1. The lowest BCUT2D eigenvalue weighted by Crippen LogP contribution is -2.14. The summed E-state index contributed by atoms with van der Waals surface area (Å²) in [4.78, 5) is 23.3. The minimum Gasteiger partial charge on any atom is -0.502 e. The van der Waals surface area contributed by atoms with Gasteiger partial charge in [0.15, 0.2) is 5.76 Å². The van der Waals surface area contributed by atoms with E-state index in [-0.39, 0.29) is 24.5 Å². The number of carbonyl (C=O) groups is 1. The topological polar surface area (TPSA) is 97.0 Å². The van der Waals surface area contributed by atoms with Crippen molar-refractivity contribution >= 4 is 5.97 Å². The summed E-state index contributed by atoms with van der Waals surface area (Å²) in [5.41, 5.74) is -0.620. The molecule has 0 fully saturated rings. The molecule has 0 aromatic carbocycles. The molecule has 1 aromatic rings. The summed E-state index contributed by atoms with van der Waals surface area (Å²) in [6.07, 6.45) is 2.33. The van der Waals surface area contributed by atoms with E-state index in [1.807, 2.05) is 6.92 Å². The van der Waals surface area contributed by atoms with Crippen molar-refractivity contribution in [3.8, 4) is 5.75 Å². The number of rotatable bonds is 8. The zero-order chi connectivity index (χ0) is 15.8. The van der Waals surface area contributed by atoms with Gasteiger partial charge in [-0.25, -0.2) is 0 Å². The zero-order valence-corrected chi connectivity index (χ0v) is 12.4. The average Bonchev–Trinajstić information content (AvgIpc) is 2.46. The van der Waals surface area contributed by atoms with Crippen LogP contribution in [0.3, 0.4) is 0 Å². The second kappa shape index (κ2) is 8.46. The van der Waals surface area contributed by atoms with E-state index in [1.165, 1.54) is 0 Å². The summed E-state index contributed by atoms with van der Waals surface area (Å²) < 4.78 is 10.3. The van der Waals surface area contributed by atoms with E-state index in [2.05, 4.69) is 0 Å². The van der Waals surface area contributed by atoms with E-state index in [0.717, 1.165) is 18.9 Å². The third kappa shape index (κ3) is 4.90. The van der Waals surface area contributed by atoms with Crippen LogP contribution in [0.5, 0.6) is 5.75 Å². The van der Waals surface area contributed by atoms with Gasteiger partial charge in [0.1, 0.15) is 12.4 Å². The van der Waals surface area contributed by atoms with Crippen molar-refractivity contribution in [3.05, 3.63) is 27.8 Å². The highest BCUT2D eigenvalue weighted by atomic mass is 16.5. The Hall–Kier alpha value is -1.82. The SMILES string of the molecule is CCCC[C@H](CC(=O)OCC)c1oc(CO)cc(=O)c1O. The summed E-state index contributed by atoms with van der Waals surface area (Å²) in [6, 6.07) is 1.04. The fraction of sp³-hybridized carbons (Fsp3) is 0.600. The van der Waals surface area contributed by atoms with Crippen LogP contribution in [0, 0.1) is 0 Å². The molecular formula is C15H22O6. The van der Waals surface area contributed by atoms with Crippen LogP contribution in [-0.2, 0) is 16.1 Å². The normalized spacial score (nSPS) is 12.1. The van der Waals surface area contributed by atoms with E-state index < -0.39 is 29.7 Å². The van der Waals surface area contributed by atoms with Crippen LogP contribution in [0.25, 0.3) is 0 Å². The average molecular weight is 298 g/mol. The quantitative estimate of drug-likeness (QED) is 0.713. The van der Waals surface area contributed by atoms with Crippen molar-refractivity contribution in [3.63, 3.8) is 0 Å². The Balaban J connectivity index is 3.09.